The van der Waals surface area contributed by atoms with Gasteiger partial charge in [0.25, 0.3) is 5.56 Å². The Kier molecular flexibility index (Phi) is 5.83. The smallest absolute Gasteiger partial charge is 0.261 e. The molecule has 134 valence electrons. The first-order valence-corrected chi connectivity index (χ1v) is 9.37. The average molecular weight is 414 g/mol. The van der Waals surface area contributed by atoms with Gasteiger partial charge >= 0.3 is 0 Å². The van der Waals surface area contributed by atoms with E-state index in [2.05, 4.69) is 33.2 Å². The summed E-state index contributed by atoms with van der Waals surface area (Å²) in [6.45, 7) is 2.03. The third-order valence-corrected chi connectivity index (χ3v) is 4.71. The predicted octanol–water partition coefficient (Wildman–Crippen LogP) is 3.82. The largest absolute Gasteiger partial charge is 0.348 e. The Bertz CT molecular complexity index is 970. The van der Waals surface area contributed by atoms with Crippen LogP contribution in [0.25, 0.3) is 10.9 Å². The van der Waals surface area contributed by atoms with Crippen molar-refractivity contribution in [3.05, 3.63) is 75.2 Å². The van der Waals surface area contributed by atoms with Crippen molar-refractivity contribution in [3.63, 3.8) is 0 Å². The highest BCUT2D eigenvalue weighted by molar-refractivity contribution is 9.10. The fourth-order valence-electron chi connectivity index (χ4n) is 2.93. The summed E-state index contributed by atoms with van der Waals surface area (Å²) in [5, 5.41) is 3.52. The molecule has 0 spiro atoms. The minimum absolute atomic E-state index is 0.0542. The van der Waals surface area contributed by atoms with E-state index in [1.165, 1.54) is 10.9 Å². The van der Waals surface area contributed by atoms with Gasteiger partial charge in [-0.2, -0.15) is 0 Å². The van der Waals surface area contributed by atoms with Crippen molar-refractivity contribution in [1.29, 1.82) is 0 Å². The molecule has 1 amide bonds. The van der Waals surface area contributed by atoms with Crippen molar-refractivity contribution >= 4 is 32.7 Å². The molecule has 0 radical (unpaired) electrons. The molecule has 1 N–H and O–H groups in total. The average Bonchev–Trinajstić information content (AvgIpc) is 2.65. The van der Waals surface area contributed by atoms with Gasteiger partial charge in [0.15, 0.2) is 0 Å². The van der Waals surface area contributed by atoms with Gasteiger partial charge in [-0.15, -0.1) is 0 Å². The van der Waals surface area contributed by atoms with Gasteiger partial charge in [-0.1, -0.05) is 59.6 Å². The van der Waals surface area contributed by atoms with E-state index in [0.717, 1.165) is 22.9 Å². The molecule has 3 aromatic rings. The summed E-state index contributed by atoms with van der Waals surface area (Å²) < 4.78 is 2.15. The third kappa shape index (κ3) is 4.19. The monoisotopic (exact) mass is 413 g/mol. The summed E-state index contributed by atoms with van der Waals surface area (Å²) in [4.78, 5) is 29.4. The molecule has 0 unspecified atom stereocenters. The summed E-state index contributed by atoms with van der Waals surface area (Å²) in [6, 6.07) is 15.1. The highest BCUT2D eigenvalue weighted by atomic mass is 79.9. The summed E-state index contributed by atoms with van der Waals surface area (Å²) >= 11 is 3.36. The van der Waals surface area contributed by atoms with Gasteiger partial charge in [0.1, 0.15) is 6.54 Å². The van der Waals surface area contributed by atoms with E-state index in [1.54, 1.807) is 12.1 Å². The molecule has 1 heterocycles. The summed E-state index contributed by atoms with van der Waals surface area (Å²) in [5.74, 6) is -0.203. The van der Waals surface area contributed by atoms with Crippen LogP contribution in [0.4, 0.5) is 0 Å². The number of nitrogens with one attached hydrogen (secondary N) is 1. The normalized spacial score (nSPS) is 12.1. The highest BCUT2D eigenvalue weighted by Gasteiger charge is 2.15. The van der Waals surface area contributed by atoms with Crippen molar-refractivity contribution in [2.45, 2.75) is 32.4 Å². The molecule has 26 heavy (non-hydrogen) atoms. The number of fused-ring (bicyclic) bond motifs is 1. The predicted molar refractivity (Wildman–Crippen MR) is 106 cm³/mol. The molecule has 0 saturated carbocycles. The van der Waals surface area contributed by atoms with Crippen LogP contribution >= 0.6 is 15.9 Å². The Morgan fingerprint density at radius 3 is 2.73 bits per heavy atom. The van der Waals surface area contributed by atoms with Crippen molar-refractivity contribution in [2.75, 3.05) is 0 Å². The minimum atomic E-state index is -0.224. The molecule has 5 nitrogen and oxygen atoms in total. The lowest BCUT2D eigenvalue weighted by molar-refractivity contribution is -0.122. The molecule has 0 bridgehead atoms. The number of aromatic nitrogens is 2. The maximum absolute atomic E-state index is 12.6. The zero-order valence-electron chi connectivity index (χ0n) is 14.5. The fraction of sp³-hybridized carbons (Fsp3) is 0.250. The topological polar surface area (TPSA) is 64.0 Å². The zero-order valence-corrected chi connectivity index (χ0v) is 16.1. The summed E-state index contributed by atoms with van der Waals surface area (Å²) in [7, 11) is 0. The molecule has 0 aliphatic heterocycles. The van der Waals surface area contributed by atoms with E-state index in [0.29, 0.717) is 10.9 Å². The molecule has 6 heteroatoms. The second-order valence-corrected chi connectivity index (χ2v) is 7.07. The van der Waals surface area contributed by atoms with E-state index >= 15 is 0 Å². The number of carbonyl (C=O) groups is 1. The SMILES string of the molecule is CCC[C@H](NC(=O)Cn1cnc2ccc(Br)cc2c1=O)c1ccccc1. The maximum atomic E-state index is 12.6. The number of benzene rings is 2. The Balaban J connectivity index is 1.80. The van der Waals surface area contributed by atoms with Crippen LogP contribution in [0.2, 0.25) is 0 Å². The van der Waals surface area contributed by atoms with Crippen molar-refractivity contribution in [2.24, 2.45) is 0 Å². The van der Waals surface area contributed by atoms with Crippen LogP contribution in [0.1, 0.15) is 31.4 Å². The van der Waals surface area contributed by atoms with Gasteiger partial charge in [0, 0.05) is 4.47 Å². The Morgan fingerprint density at radius 1 is 1.23 bits per heavy atom. The summed E-state index contributed by atoms with van der Waals surface area (Å²) in [5.41, 5.74) is 1.46. The van der Waals surface area contributed by atoms with Gasteiger partial charge in [-0.05, 0) is 30.2 Å². The molecule has 1 aromatic heterocycles. The minimum Gasteiger partial charge on any atom is -0.348 e. The van der Waals surface area contributed by atoms with Crippen LogP contribution in [0.5, 0.6) is 0 Å². The number of amides is 1. The molecule has 2 aromatic carbocycles. The van der Waals surface area contributed by atoms with Gasteiger partial charge in [0.05, 0.1) is 23.3 Å². The zero-order chi connectivity index (χ0) is 18.5. The molecule has 1 atom stereocenters. The maximum Gasteiger partial charge on any atom is 0.261 e. The van der Waals surface area contributed by atoms with E-state index in [9.17, 15) is 9.59 Å². The number of hydrogen-bond acceptors (Lipinski definition) is 3. The molecule has 3 rings (SSSR count). The number of hydrogen-bond donors (Lipinski definition) is 1. The van der Waals surface area contributed by atoms with Gasteiger partial charge < -0.3 is 5.32 Å². The van der Waals surface area contributed by atoms with Crippen molar-refractivity contribution in [3.8, 4) is 0 Å². The standard InChI is InChI=1S/C20H20BrN3O2/c1-2-6-17(14-7-4-3-5-8-14)23-19(25)12-24-13-22-18-10-9-15(21)11-16(18)20(24)26/h3-5,7-11,13,17H,2,6,12H2,1H3,(H,23,25)/t17-/m0/s1. The fourth-order valence-corrected chi connectivity index (χ4v) is 3.30. The lowest BCUT2D eigenvalue weighted by Gasteiger charge is -2.19. The third-order valence-electron chi connectivity index (χ3n) is 4.21. The Morgan fingerprint density at radius 2 is 2.00 bits per heavy atom. The van der Waals surface area contributed by atoms with Gasteiger partial charge in [-0.3, -0.25) is 14.2 Å². The van der Waals surface area contributed by atoms with E-state index in [1.807, 2.05) is 36.4 Å². The molecular weight excluding hydrogens is 394 g/mol. The molecule has 0 saturated heterocycles. The quantitative estimate of drug-likeness (QED) is 0.667. The van der Waals surface area contributed by atoms with Crippen LogP contribution in [0, 0.1) is 0 Å². The van der Waals surface area contributed by atoms with E-state index in [4.69, 9.17) is 0 Å². The lowest BCUT2D eigenvalue weighted by atomic mass is 10.0. The van der Waals surface area contributed by atoms with Crippen LogP contribution in [0.15, 0.2) is 64.1 Å². The van der Waals surface area contributed by atoms with Crippen LogP contribution < -0.4 is 10.9 Å². The van der Waals surface area contributed by atoms with Crippen LogP contribution in [-0.4, -0.2) is 15.5 Å². The lowest BCUT2D eigenvalue weighted by Crippen LogP contribution is -2.34. The van der Waals surface area contributed by atoms with E-state index < -0.39 is 0 Å². The molecule has 0 fully saturated rings. The molecule has 0 aliphatic carbocycles. The van der Waals surface area contributed by atoms with Crippen molar-refractivity contribution in [1.82, 2.24) is 14.9 Å². The first-order valence-electron chi connectivity index (χ1n) is 8.57. The number of nitrogens with zero attached hydrogens (tertiary/aromatic N) is 2. The molecule has 0 aliphatic rings. The number of halogens is 1. The first kappa shape index (κ1) is 18.3. The molecular formula is C20H20BrN3O2. The summed E-state index contributed by atoms with van der Waals surface area (Å²) in [6.07, 6.45) is 3.22. The van der Waals surface area contributed by atoms with Gasteiger partial charge in [0.2, 0.25) is 5.91 Å². The van der Waals surface area contributed by atoms with Crippen molar-refractivity contribution < 1.29 is 4.79 Å². The van der Waals surface area contributed by atoms with Crippen LogP contribution in [0.3, 0.4) is 0 Å². The van der Waals surface area contributed by atoms with Crippen LogP contribution in [-0.2, 0) is 11.3 Å². The highest BCUT2D eigenvalue weighted by Crippen LogP contribution is 2.18. The number of carbonyl (C=O) groups excluding carboxylic acids is 1. The Labute approximate surface area is 160 Å². The van der Waals surface area contributed by atoms with Gasteiger partial charge in [-0.25, -0.2) is 4.98 Å². The number of rotatable bonds is 6. The second kappa shape index (κ2) is 8.27. The van der Waals surface area contributed by atoms with E-state index in [-0.39, 0.29) is 24.1 Å². The first-order chi connectivity index (χ1) is 12.6. The Hall–Kier alpha value is -2.47. The second-order valence-electron chi connectivity index (χ2n) is 6.16.